The number of hydrogen-bond donors (Lipinski definition) is 0. The van der Waals surface area contributed by atoms with E-state index >= 15 is 0 Å². The quantitative estimate of drug-likeness (QED) is 0.859. The lowest BCUT2D eigenvalue weighted by Crippen LogP contribution is -2.49. The topological polar surface area (TPSA) is 32.8 Å². The van der Waals surface area contributed by atoms with Crippen LogP contribution in [-0.4, -0.2) is 50.2 Å². The number of anilines is 1. The molecule has 2 saturated heterocycles. The average Bonchev–Trinajstić information content (AvgIpc) is 2.55. The number of rotatable bonds is 3. The molecule has 0 unspecified atom stereocenters. The molecule has 1 atom stereocenters. The maximum atomic E-state index is 12.5. The molecule has 4 nitrogen and oxygen atoms in total. The lowest BCUT2D eigenvalue weighted by atomic mass is 9.98. The van der Waals surface area contributed by atoms with Gasteiger partial charge in [-0.15, -0.1) is 0 Å². The predicted molar refractivity (Wildman–Crippen MR) is 92.9 cm³/mol. The molecule has 0 spiro atoms. The fourth-order valence-electron chi connectivity index (χ4n) is 3.69. The Hall–Kier alpha value is -1.55. The smallest absolute Gasteiger partial charge is 0.223 e. The van der Waals surface area contributed by atoms with Crippen LogP contribution in [0.3, 0.4) is 0 Å². The van der Waals surface area contributed by atoms with Crippen LogP contribution in [0.5, 0.6) is 0 Å². The Labute approximate surface area is 139 Å². The van der Waals surface area contributed by atoms with E-state index in [9.17, 15) is 4.79 Å². The van der Waals surface area contributed by atoms with Crippen LogP contribution in [0.25, 0.3) is 0 Å². The SMILES string of the molecule is Cc1cc(C)cc(N2CCN(C(=O)C[C@@H]3CCCOC3)CC2)c1. The van der Waals surface area contributed by atoms with Gasteiger partial charge in [-0.2, -0.15) is 0 Å². The molecule has 0 aliphatic carbocycles. The maximum Gasteiger partial charge on any atom is 0.223 e. The van der Waals surface area contributed by atoms with E-state index in [1.807, 2.05) is 4.90 Å². The number of benzene rings is 1. The highest BCUT2D eigenvalue weighted by atomic mass is 16.5. The molecule has 0 N–H and O–H groups in total. The van der Waals surface area contributed by atoms with Crippen molar-refractivity contribution in [3.05, 3.63) is 29.3 Å². The van der Waals surface area contributed by atoms with Crippen LogP contribution in [0.1, 0.15) is 30.4 Å². The lowest BCUT2D eigenvalue weighted by molar-refractivity contribution is -0.133. The Balaban J connectivity index is 1.52. The molecule has 0 aromatic heterocycles. The van der Waals surface area contributed by atoms with Gasteiger partial charge in [-0.3, -0.25) is 4.79 Å². The highest BCUT2D eigenvalue weighted by molar-refractivity contribution is 5.76. The van der Waals surface area contributed by atoms with Gasteiger partial charge in [0.25, 0.3) is 0 Å². The first-order valence-corrected chi connectivity index (χ1v) is 8.80. The summed E-state index contributed by atoms with van der Waals surface area (Å²) in [6, 6.07) is 6.68. The summed E-state index contributed by atoms with van der Waals surface area (Å²) in [5, 5.41) is 0. The fourth-order valence-corrected chi connectivity index (χ4v) is 3.69. The van der Waals surface area contributed by atoms with Crippen LogP contribution in [0, 0.1) is 19.8 Å². The van der Waals surface area contributed by atoms with Crippen molar-refractivity contribution < 1.29 is 9.53 Å². The Kier molecular flexibility index (Phi) is 5.21. The molecule has 3 rings (SSSR count). The van der Waals surface area contributed by atoms with Crippen LogP contribution in [0.15, 0.2) is 18.2 Å². The summed E-state index contributed by atoms with van der Waals surface area (Å²) in [5.74, 6) is 0.731. The number of carbonyl (C=O) groups excluding carboxylic acids is 1. The Morgan fingerprint density at radius 3 is 2.43 bits per heavy atom. The lowest BCUT2D eigenvalue weighted by Gasteiger charge is -2.37. The minimum Gasteiger partial charge on any atom is -0.381 e. The van der Waals surface area contributed by atoms with Crippen molar-refractivity contribution in [2.45, 2.75) is 33.1 Å². The first-order valence-electron chi connectivity index (χ1n) is 8.80. The standard InChI is InChI=1S/C19H28N2O2/c1-15-10-16(2)12-18(11-15)20-5-7-21(8-6-20)19(22)13-17-4-3-9-23-14-17/h10-12,17H,3-9,13-14H2,1-2H3/t17-/m0/s1. The Morgan fingerprint density at radius 2 is 1.83 bits per heavy atom. The highest BCUT2D eigenvalue weighted by Gasteiger charge is 2.25. The summed E-state index contributed by atoms with van der Waals surface area (Å²) in [6.07, 6.45) is 2.89. The molecular formula is C19H28N2O2. The van der Waals surface area contributed by atoms with Gasteiger partial charge in [-0.1, -0.05) is 6.07 Å². The monoisotopic (exact) mass is 316 g/mol. The number of carbonyl (C=O) groups is 1. The third-order valence-electron chi connectivity index (χ3n) is 4.92. The van der Waals surface area contributed by atoms with Crippen LogP contribution in [0.2, 0.25) is 0 Å². The number of aryl methyl sites for hydroxylation is 2. The van der Waals surface area contributed by atoms with Gasteiger partial charge in [-0.05, 0) is 55.9 Å². The molecule has 2 aliphatic rings. The maximum absolute atomic E-state index is 12.5. The third-order valence-corrected chi connectivity index (χ3v) is 4.92. The molecule has 1 amide bonds. The van der Waals surface area contributed by atoms with Crippen LogP contribution >= 0.6 is 0 Å². The van der Waals surface area contributed by atoms with E-state index in [2.05, 4.69) is 36.9 Å². The normalized spacial score (nSPS) is 22.3. The molecule has 0 bridgehead atoms. The molecule has 2 heterocycles. The molecule has 0 saturated carbocycles. The molecule has 1 aromatic carbocycles. The van der Waals surface area contributed by atoms with Gasteiger partial charge in [0.1, 0.15) is 0 Å². The molecule has 0 radical (unpaired) electrons. The van der Waals surface area contributed by atoms with E-state index in [1.54, 1.807) is 0 Å². The summed E-state index contributed by atoms with van der Waals surface area (Å²) in [5.41, 5.74) is 3.89. The first kappa shape index (κ1) is 16.3. The second kappa shape index (κ2) is 7.35. The zero-order chi connectivity index (χ0) is 16.2. The molecule has 126 valence electrons. The minimum absolute atomic E-state index is 0.306. The molecule has 4 heteroatoms. The van der Waals surface area contributed by atoms with Crippen molar-refractivity contribution in [3.8, 4) is 0 Å². The van der Waals surface area contributed by atoms with Crippen molar-refractivity contribution in [1.29, 1.82) is 0 Å². The zero-order valence-electron chi connectivity index (χ0n) is 14.4. The van der Waals surface area contributed by atoms with Gasteiger partial charge in [-0.25, -0.2) is 0 Å². The van der Waals surface area contributed by atoms with Crippen LogP contribution in [0.4, 0.5) is 5.69 Å². The van der Waals surface area contributed by atoms with E-state index in [4.69, 9.17) is 4.74 Å². The van der Waals surface area contributed by atoms with Crippen LogP contribution in [-0.2, 0) is 9.53 Å². The molecule has 23 heavy (non-hydrogen) atoms. The average molecular weight is 316 g/mol. The summed E-state index contributed by atoms with van der Waals surface area (Å²) in [4.78, 5) is 16.9. The number of nitrogens with zero attached hydrogens (tertiary/aromatic N) is 2. The minimum atomic E-state index is 0.306. The summed E-state index contributed by atoms with van der Waals surface area (Å²) in [7, 11) is 0. The van der Waals surface area contributed by atoms with Crippen molar-refractivity contribution in [2.24, 2.45) is 5.92 Å². The first-order chi connectivity index (χ1) is 11.1. The summed E-state index contributed by atoms with van der Waals surface area (Å²) >= 11 is 0. The van der Waals surface area contributed by atoms with Crippen molar-refractivity contribution in [3.63, 3.8) is 0 Å². The highest BCUT2D eigenvalue weighted by Crippen LogP contribution is 2.22. The predicted octanol–water partition coefficient (Wildman–Crippen LogP) is 2.77. The van der Waals surface area contributed by atoms with Gasteiger partial charge >= 0.3 is 0 Å². The third kappa shape index (κ3) is 4.25. The Bertz CT molecular complexity index is 524. The van der Waals surface area contributed by atoms with Crippen LogP contribution < -0.4 is 4.90 Å². The van der Waals surface area contributed by atoms with E-state index in [-0.39, 0.29) is 0 Å². The summed E-state index contributed by atoms with van der Waals surface area (Å²) in [6.45, 7) is 9.42. The fraction of sp³-hybridized carbons (Fsp3) is 0.632. The van der Waals surface area contributed by atoms with Crippen molar-refractivity contribution in [1.82, 2.24) is 4.90 Å². The zero-order valence-corrected chi connectivity index (χ0v) is 14.4. The number of hydrogen-bond acceptors (Lipinski definition) is 3. The molecular weight excluding hydrogens is 288 g/mol. The van der Waals surface area contributed by atoms with E-state index < -0.39 is 0 Å². The second-order valence-electron chi connectivity index (χ2n) is 7.00. The van der Waals surface area contributed by atoms with Crippen molar-refractivity contribution >= 4 is 11.6 Å². The molecule has 1 aromatic rings. The van der Waals surface area contributed by atoms with Gasteiger partial charge in [0.15, 0.2) is 0 Å². The van der Waals surface area contributed by atoms with E-state index in [0.717, 1.165) is 52.2 Å². The molecule has 2 fully saturated rings. The number of amides is 1. The second-order valence-corrected chi connectivity index (χ2v) is 7.00. The van der Waals surface area contributed by atoms with E-state index in [0.29, 0.717) is 18.2 Å². The van der Waals surface area contributed by atoms with Gasteiger partial charge < -0.3 is 14.5 Å². The van der Waals surface area contributed by atoms with Gasteiger partial charge in [0, 0.05) is 51.5 Å². The Morgan fingerprint density at radius 1 is 1.13 bits per heavy atom. The number of piperazine rings is 1. The summed E-state index contributed by atoms with van der Waals surface area (Å²) < 4.78 is 5.49. The van der Waals surface area contributed by atoms with Crippen molar-refractivity contribution in [2.75, 3.05) is 44.3 Å². The number of ether oxygens (including phenoxy) is 1. The van der Waals surface area contributed by atoms with Gasteiger partial charge in [0.05, 0.1) is 0 Å². The largest absolute Gasteiger partial charge is 0.381 e. The molecule has 2 aliphatic heterocycles. The van der Waals surface area contributed by atoms with Gasteiger partial charge in [0.2, 0.25) is 5.91 Å². The van der Waals surface area contributed by atoms with E-state index in [1.165, 1.54) is 16.8 Å².